The molecule has 2 aromatic carbocycles. The minimum absolute atomic E-state index is 0.446. The molecule has 0 unspecified atom stereocenters. The normalized spacial score (nSPS) is 10.4. The van der Waals surface area contributed by atoms with Crippen LogP contribution in [0, 0.1) is 0 Å². The summed E-state index contributed by atoms with van der Waals surface area (Å²) in [6.45, 7) is 3.09. The molecular formula is C18H19N3O3. The van der Waals surface area contributed by atoms with Gasteiger partial charge in [0.2, 0.25) is 0 Å². The molecule has 0 aliphatic carbocycles. The van der Waals surface area contributed by atoms with E-state index in [9.17, 15) is 0 Å². The third-order valence-corrected chi connectivity index (χ3v) is 3.43. The van der Waals surface area contributed by atoms with Gasteiger partial charge in [0.1, 0.15) is 0 Å². The molecule has 0 atom stereocenters. The van der Waals surface area contributed by atoms with E-state index in [2.05, 4.69) is 15.5 Å². The smallest absolute Gasteiger partial charge is 0.264 e. The van der Waals surface area contributed by atoms with Gasteiger partial charge in [0.15, 0.2) is 11.5 Å². The molecule has 0 fully saturated rings. The summed E-state index contributed by atoms with van der Waals surface area (Å²) in [6.07, 6.45) is 0. The SMILES string of the molecule is CCOc1ccc(CNc2noc(-c3ccccc3)n2)cc1OC. The summed E-state index contributed by atoms with van der Waals surface area (Å²) in [6, 6.07) is 15.4. The highest BCUT2D eigenvalue weighted by atomic mass is 16.5. The summed E-state index contributed by atoms with van der Waals surface area (Å²) >= 11 is 0. The summed E-state index contributed by atoms with van der Waals surface area (Å²) in [5.41, 5.74) is 1.92. The second-order valence-corrected chi connectivity index (χ2v) is 5.06. The molecule has 0 bridgehead atoms. The van der Waals surface area contributed by atoms with Crippen LogP contribution in [0.5, 0.6) is 11.5 Å². The van der Waals surface area contributed by atoms with Gasteiger partial charge in [-0.25, -0.2) is 0 Å². The molecule has 0 saturated heterocycles. The molecule has 6 heteroatoms. The van der Waals surface area contributed by atoms with Gasteiger partial charge in [-0.1, -0.05) is 24.3 Å². The van der Waals surface area contributed by atoms with Crippen LogP contribution >= 0.6 is 0 Å². The maximum absolute atomic E-state index is 5.51. The molecule has 1 N–H and O–H groups in total. The first kappa shape index (κ1) is 15.9. The van der Waals surface area contributed by atoms with Crippen molar-refractivity contribution < 1.29 is 14.0 Å². The second kappa shape index (κ2) is 7.50. The van der Waals surface area contributed by atoms with Crippen LogP contribution in [0.15, 0.2) is 53.1 Å². The molecule has 0 aliphatic heterocycles. The Morgan fingerprint density at radius 3 is 2.67 bits per heavy atom. The van der Waals surface area contributed by atoms with E-state index in [0.717, 1.165) is 16.9 Å². The highest BCUT2D eigenvalue weighted by Crippen LogP contribution is 2.28. The molecule has 0 radical (unpaired) electrons. The Morgan fingerprint density at radius 1 is 1.08 bits per heavy atom. The van der Waals surface area contributed by atoms with Crippen molar-refractivity contribution in [1.29, 1.82) is 0 Å². The van der Waals surface area contributed by atoms with Crippen molar-refractivity contribution in [2.24, 2.45) is 0 Å². The maximum atomic E-state index is 5.51. The molecule has 124 valence electrons. The second-order valence-electron chi connectivity index (χ2n) is 5.06. The van der Waals surface area contributed by atoms with Gasteiger partial charge >= 0.3 is 0 Å². The average Bonchev–Trinajstić information content (AvgIpc) is 3.11. The minimum atomic E-state index is 0.446. The standard InChI is InChI=1S/C18H19N3O3/c1-3-23-15-10-9-13(11-16(15)22-2)12-19-18-20-17(24-21-18)14-7-5-4-6-8-14/h4-11H,3,12H2,1-2H3,(H,19,21). The van der Waals surface area contributed by atoms with Crippen LogP contribution in [0.4, 0.5) is 5.95 Å². The zero-order valence-corrected chi connectivity index (χ0v) is 13.7. The Bertz CT molecular complexity index is 787. The molecule has 0 amide bonds. The predicted molar refractivity (Wildman–Crippen MR) is 91.2 cm³/mol. The topological polar surface area (TPSA) is 69.4 Å². The number of methoxy groups -OCH3 is 1. The number of aromatic nitrogens is 2. The quantitative estimate of drug-likeness (QED) is 0.713. The van der Waals surface area contributed by atoms with Crippen molar-refractivity contribution >= 4 is 5.95 Å². The number of hydrogen-bond donors (Lipinski definition) is 1. The number of ether oxygens (including phenoxy) is 2. The fraction of sp³-hybridized carbons (Fsp3) is 0.222. The van der Waals surface area contributed by atoms with Crippen LogP contribution in [0.1, 0.15) is 12.5 Å². The number of benzene rings is 2. The Balaban J connectivity index is 1.67. The molecule has 0 spiro atoms. The first-order valence-corrected chi connectivity index (χ1v) is 7.73. The zero-order valence-electron chi connectivity index (χ0n) is 13.7. The largest absolute Gasteiger partial charge is 0.493 e. The Labute approximate surface area is 140 Å². The fourth-order valence-corrected chi connectivity index (χ4v) is 2.27. The predicted octanol–water partition coefficient (Wildman–Crippen LogP) is 3.76. The average molecular weight is 325 g/mol. The number of nitrogens with one attached hydrogen (secondary N) is 1. The lowest BCUT2D eigenvalue weighted by atomic mass is 10.2. The van der Waals surface area contributed by atoms with E-state index in [1.54, 1.807) is 7.11 Å². The number of nitrogens with zero attached hydrogens (tertiary/aromatic N) is 2. The molecule has 1 aromatic heterocycles. The molecule has 3 aromatic rings. The number of rotatable bonds is 7. The Kier molecular flexibility index (Phi) is 4.96. The van der Waals surface area contributed by atoms with Gasteiger partial charge in [-0.2, -0.15) is 4.98 Å². The lowest BCUT2D eigenvalue weighted by Gasteiger charge is -2.11. The number of hydrogen-bond acceptors (Lipinski definition) is 6. The van der Waals surface area contributed by atoms with Crippen molar-refractivity contribution in [2.75, 3.05) is 19.0 Å². The van der Waals surface area contributed by atoms with E-state index in [4.69, 9.17) is 14.0 Å². The maximum Gasteiger partial charge on any atom is 0.264 e. The van der Waals surface area contributed by atoms with Crippen molar-refractivity contribution in [3.05, 3.63) is 54.1 Å². The lowest BCUT2D eigenvalue weighted by Crippen LogP contribution is -2.02. The summed E-state index contributed by atoms with van der Waals surface area (Å²) in [5, 5.41) is 7.09. The Morgan fingerprint density at radius 2 is 1.92 bits per heavy atom. The molecule has 1 heterocycles. The van der Waals surface area contributed by atoms with E-state index in [1.165, 1.54) is 0 Å². The van der Waals surface area contributed by atoms with Crippen molar-refractivity contribution in [3.8, 4) is 23.0 Å². The first-order valence-electron chi connectivity index (χ1n) is 7.73. The van der Waals surface area contributed by atoms with Crippen molar-refractivity contribution in [1.82, 2.24) is 10.1 Å². The monoisotopic (exact) mass is 325 g/mol. The summed E-state index contributed by atoms with van der Waals surface area (Å²) in [7, 11) is 1.63. The summed E-state index contributed by atoms with van der Waals surface area (Å²) in [4.78, 5) is 4.34. The van der Waals surface area contributed by atoms with Crippen molar-refractivity contribution in [2.45, 2.75) is 13.5 Å². The van der Waals surface area contributed by atoms with Crippen LogP contribution in [0.3, 0.4) is 0 Å². The summed E-state index contributed by atoms with van der Waals surface area (Å²) in [5.74, 6) is 2.37. The first-order chi connectivity index (χ1) is 11.8. The van der Waals surface area contributed by atoms with E-state index in [-0.39, 0.29) is 0 Å². The third-order valence-electron chi connectivity index (χ3n) is 3.43. The highest BCUT2D eigenvalue weighted by Gasteiger charge is 2.09. The van der Waals surface area contributed by atoms with Crippen molar-refractivity contribution in [3.63, 3.8) is 0 Å². The van der Waals surface area contributed by atoms with E-state index in [0.29, 0.717) is 30.7 Å². The van der Waals surface area contributed by atoms with Gasteiger partial charge in [-0.15, -0.1) is 0 Å². The summed E-state index contributed by atoms with van der Waals surface area (Å²) < 4.78 is 16.1. The van der Waals surface area contributed by atoms with Crippen LogP contribution in [-0.2, 0) is 6.54 Å². The fourth-order valence-electron chi connectivity index (χ4n) is 2.27. The molecule has 6 nitrogen and oxygen atoms in total. The van der Waals surface area contributed by atoms with Gasteiger partial charge in [0, 0.05) is 12.1 Å². The zero-order chi connectivity index (χ0) is 16.8. The van der Waals surface area contributed by atoms with Crippen LogP contribution in [0.2, 0.25) is 0 Å². The third kappa shape index (κ3) is 3.65. The van der Waals surface area contributed by atoms with Crippen LogP contribution in [0.25, 0.3) is 11.5 Å². The van der Waals surface area contributed by atoms with E-state index >= 15 is 0 Å². The van der Waals surface area contributed by atoms with Gasteiger partial charge in [0.05, 0.1) is 13.7 Å². The van der Waals surface area contributed by atoms with Crippen LogP contribution < -0.4 is 14.8 Å². The number of anilines is 1. The molecule has 3 rings (SSSR count). The van der Waals surface area contributed by atoms with Gasteiger partial charge < -0.3 is 19.3 Å². The molecular weight excluding hydrogens is 306 g/mol. The Hall–Kier alpha value is -3.02. The van der Waals surface area contributed by atoms with Gasteiger partial charge in [0.25, 0.3) is 11.8 Å². The van der Waals surface area contributed by atoms with Crippen LogP contribution in [-0.4, -0.2) is 23.9 Å². The molecule has 0 saturated carbocycles. The van der Waals surface area contributed by atoms with Gasteiger partial charge in [-0.05, 0) is 41.9 Å². The lowest BCUT2D eigenvalue weighted by molar-refractivity contribution is 0.310. The molecule has 24 heavy (non-hydrogen) atoms. The van der Waals surface area contributed by atoms with Gasteiger partial charge in [-0.3, -0.25) is 0 Å². The van der Waals surface area contributed by atoms with E-state index in [1.807, 2.05) is 55.5 Å². The minimum Gasteiger partial charge on any atom is -0.493 e. The highest BCUT2D eigenvalue weighted by molar-refractivity contribution is 5.53. The van der Waals surface area contributed by atoms with E-state index < -0.39 is 0 Å². The molecule has 0 aliphatic rings.